The molecule has 2 saturated heterocycles. The number of benzene rings is 2. The molecule has 35 heavy (non-hydrogen) atoms. The summed E-state index contributed by atoms with van der Waals surface area (Å²) in [6, 6.07) is 20.1. The highest BCUT2D eigenvalue weighted by Crippen LogP contribution is 2.27. The lowest BCUT2D eigenvalue weighted by Crippen LogP contribution is -2.44. The van der Waals surface area contributed by atoms with E-state index in [1.165, 1.54) is 12.8 Å². The Morgan fingerprint density at radius 3 is 2.06 bits per heavy atom. The van der Waals surface area contributed by atoms with Gasteiger partial charge in [0.1, 0.15) is 5.69 Å². The lowest BCUT2D eigenvalue weighted by Gasteiger charge is -2.34. The molecule has 0 atom stereocenters. The van der Waals surface area contributed by atoms with Gasteiger partial charge >= 0.3 is 0 Å². The van der Waals surface area contributed by atoms with E-state index in [-0.39, 0.29) is 11.8 Å². The molecule has 3 aromatic rings. The molecule has 2 amide bonds. The molecule has 2 aliphatic rings. The number of piperidine rings is 1. The second-order valence-corrected chi connectivity index (χ2v) is 9.75. The van der Waals surface area contributed by atoms with E-state index in [9.17, 15) is 9.59 Å². The van der Waals surface area contributed by atoms with Crippen molar-refractivity contribution in [1.29, 1.82) is 0 Å². The number of aromatic nitrogens is 2. The van der Waals surface area contributed by atoms with Crippen LogP contribution in [0.5, 0.6) is 0 Å². The van der Waals surface area contributed by atoms with Crippen LogP contribution in [-0.2, 0) is 11.3 Å². The number of hydrogen-bond donors (Lipinski definition) is 0. The van der Waals surface area contributed by atoms with Crippen molar-refractivity contribution in [2.75, 3.05) is 26.2 Å². The Kier molecular flexibility index (Phi) is 7.26. The molecule has 0 N–H and O–H groups in total. The molecule has 0 bridgehead atoms. The van der Waals surface area contributed by atoms with Gasteiger partial charge in [-0.15, -0.1) is 0 Å². The fraction of sp³-hybridized carbons (Fsp3) is 0.414. The average Bonchev–Trinajstić information content (AvgIpc) is 3.13. The zero-order chi connectivity index (χ0) is 24.0. The lowest BCUT2D eigenvalue weighted by molar-refractivity contribution is -0.136. The SMILES string of the molecule is O=C(c1cn(Cc2ccccc2)nc1-c1ccccc1)N1CCC(C(=O)N2CCCCCC2)CC1. The van der Waals surface area contributed by atoms with E-state index < -0.39 is 0 Å². The van der Waals surface area contributed by atoms with Crippen LogP contribution in [-0.4, -0.2) is 57.6 Å². The largest absolute Gasteiger partial charge is 0.342 e. The lowest BCUT2D eigenvalue weighted by atomic mass is 9.94. The van der Waals surface area contributed by atoms with E-state index in [1.54, 1.807) is 0 Å². The molecular weight excluding hydrogens is 436 g/mol. The van der Waals surface area contributed by atoms with Crippen LogP contribution in [0.1, 0.15) is 54.4 Å². The van der Waals surface area contributed by atoms with Gasteiger partial charge in [-0.3, -0.25) is 14.3 Å². The van der Waals surface area contributed by atoms with Crippen LogP contribution in [0, 0.1) is 5.92 Å². The number of carbonyl (C=O) groups is 2. The third kappa shape index (κ3) is 5.47. The van der Waals surface area contributed by atoms with E-state index in [4.69, 9.17) is 5.10 Å². The molecule has 6 heteroatoms. The Labute approximate surface area is 207 Å². The highest BCUT2D eigenvalue weighted by molar-refractivity contribution is 6.00. The van der Waals surface area contributed by atoms with Crippen molar-refractivity contribution in [3.63, 3.8) is 0 Å². The van der Waals surface area contributed by atoms with E-state index in [2.05, 4.69) is 17.0 Å². The van der Waals surface area contributed by atoms with Crippen LogP contribution in [0.25, 0.3) is 11.3 Å². The highest BCUT2D eigenvalue weighted by Gasteiger charge is 2.32. The molecule has 2 fully saturated rings. The topological polar surface area (TPSA) is 58.4 Å². The van der Waals surface area contributed by atoms with Crippen LogP contribution in [0.4, 0.5) is 0 Å². The Hall–Kier alpha value is -3.41. The molecule has 5 rings (SSSR count). The summed E-state index contributed by atoms with van der Waals surface area (Å²) in [7, 11) is 0. The van der Waals surface area contributed by atoms with Crippen molar-refractivity contribution in [2.45, 2.75) is 45.1 Å². The molecule has 0 aliphatic carbocycles. The Balaban J connectivity index is 1.31. The standard InChI is InChI=1S/C29H34N4O2/c34-28(31-17-9-1-2-10-18-31)25-15-19-32(20-16-25)29(35)26-22-33(21-23-11-5-3-6-12-23)30-27(26)24-13-7-4-8-14-24/h3-8,11-14,22,25H,1-2,9-10,15-21H2. The first-order valence-electron chi connectivity index (χ1n) is 12.9. The van der Waals surface area contributed by atoms with Gasteiger partial charge in [-0.2, -0.15) is 5.10 Å². The van der Waals surface area contributed by atoms with Crippen molar-refractivity contribution in [2.24, 2.45) is 5.92 Å². The third-order valence-corrected chi connectivity index (χ3v) is 7.28. The fourth-order valence-electron chi connectivity index (χ4n) is 5.29. The van der Waals surface area contributed by atoms with Crippen molar-refractivity contribution < 1.29 is 9.59 Å². The molecule has 3 heterocycles. The molecule has 0 spiro atoms. The summed E-state index contributed by atoms with van der Waals surface area (Å²) in [4.78, 5) is 30.7. The van der Waals surface area contributed by atoms with Crippen LogP contribution < -0.4 is 0 Å². The first-order valence-corrected chi connectivity index (χ1v) is 12.9. The van der Waals surface area contributed by atoms with Crippen LogP contribution in [0.2, 0.25) is 0 Å². The number of amides is 2. The first-order chi connectivity index (χ1) is 17.2. The normalized spacial score (nSPS) is 17.3. The summed E-state index contributed by atoms with van der Waals surface area (Å²) in [6.07, 6.45) is 8.01. The molecule has 0 radical (unpaired) electrons. The average molecular weight is 471 g/mol. The number of hydrogen-bond acceptors (Lipinski definition) is 3. The van der Waals surface area contributed by atoms with Crippen molar-refractivity contribution in [3.8, 4) is 11.3 Å². The molecule has 0 saturated carbocycles. The van der Waals surface area contributed by atoms with Gasteiger partial charge < -0.3 is 9.80 Å². The monoisotopic (exact) mass is 470 g/mol. The predicted octanol–water partition coefficient (Wildman–Crippen LogP) is 4.85. The maximum atomic E-state index is 13.7. The van der Waals surface area contributed by atoms with Gasteiger partial charge in [0.15, 0.2) is 0 Å². The Bertz CT molecular complexity index is 1130. The maximum Gasteiger partial charge on any atom is 0.257 e. The second kappa shape index (κ2) is 10.9. The first kappa shape index (κ1) is 23.3. The number of nitrogens with zero attached hydrogens (tertiary/aromatic N) is 4. The molecule has 6 nitrogen and oxygen atoms in total. The van der Waals surface area contributed by atoms with Gasteiger partial charge in [0.05, 0.1) is 12.1 Å². The number of carbonyl (C=O) groups excluding carboxylic acids is 2. The van der Waals surface area contributed by atoms with Gasteiger partial charge in [-0.25, -0.2) is 0 Å². The summed E-state index contributed by atoms with van der Waals surface area (Å²) in [5.41, 5.74) is 3.43. The quantitative estimate of drug-likeness (QED) is 0.535. The molecule has 182 valence electrons. The Morgan fingerprint density at radius 2 is 1.40 bits per heavy atom. The minimum Gasteiger partial charge on any atom is -0.342 e. The van der Waals surface area contributed by atoms with Crippen LogP contribution in [0.15, 0.2) is 66.9 Å². The summed E-state index contributed by atoms with van der Waals surface area (Å²) in [5, 5.41) is 4.81. The number of rotatable bonds is 5. The van der Waals surface area contributed by atoms with E-state index in [0.29, 0.717) is 36.8 Å². The molecular formula is C29H34N4O2. The minimum absolute atomic E-state index is 0.00355. The van der Waals surface area contributed by atoms with Gasteiger partial charge in [0.2, 0.25) is 5.91 Å². The molecule has 0 unspecified atom stereocenters. The Morgan fingerprint density at radius 1 is 0.771 bits per heavy atom. The molecule has 2 aliphatic heterocycles. The predicted molar refractivity (Wildman–Crippen MR) is 137 cm³/mol. The summed E-state index contributed by atoms with van der Waals surface area (Å²) < 4.78 is 1.86. The van der Waals surface area contributed by atoms with Crippen molar-refractivity contribution >= 4 is 11.8 Å². The number of likely N-dealkylation sites (tertiary alicyclic amines) is 2. The van der Waals surface area contributed by atoms with Crippen molar-refractivity contribution in [3.05, 3.63) is 78.0 Å². The smallest absolute Gasteiger partial charge is 0.257 e. The third-order valence-electron chi connectivity index (χ3n) is 7.28. The maximum absolute atomic E-state index is 13.7. The molecule has 2 aromatic carbocycles. The van der Waals surface area contributed by atoms with Gasteiger partial charge in [-0.1, -0.05) is 73.5 Å². The summed E-state index contributed by atoms with van der Waals surface area (Å²) in [5.74, 6) is 0.329. The van der Waals surface area contributed by atoms with Crippen LogP contribution >= 0.6 is 0 Å². The molecule has 1 aromatic heterocycles. The van der Waals surface area contributed by atoms with Gasteiger partial charge in [0.25, 0.3) is 5.91 Å². The fourth-order valence-corrected chi connectivity index (χ4v) is 5.29. The van der Waals surface area contributed by atoms with Gasteiger partial charge in [-0.05, 0) is 31.2 Å². The second-order valence-electron chi connectivity index (χ2n) is 9.75. The highest BCUT2D eigenvalue weighted by atomic mass is 16.2. The van der Waals surface area contributed by atoms with Gasteiger partial charge in [0, 0.05) is 43.9 Å². The van der Waals surface area contributed by atoms with E-state index in [0.717, 1.165) is 49.9 Å². The minimum atomic E-state index is 0.00355. The summed E-state index contributed by atoms with van der Waals surface area (Å²) >= 11 is 0. The van der Waals surface area contributed by atoms with E-state index >= 15 is 0 Å². The van der Waals surface area contributed by atoms with E-state index in [1.807, 2.05) is 64.3 Å². The zero-order valence-electron chi connectivity index (χ0n) is 20.3. The van der Waals surface area contributed by atoms with Crippen molar-refractivity contribution in [1.82, 2.24) is 19.6 Å². The van der Waals surface area contributed by atoms with Crippen LogP contribution in [0.3, 0.4) is 0 Å². The zero-order valence-corrected chi connectivity index (χ0v) is 20.3. The summed E-state index contributed by atoms with van der Waals surface area (Å²) in [6.45, 7) is 3.61.